The Hall–Kier alpha value is -1.84. The lowest BCUT2D eigenvalue weighted by Crippen LogP contribution is -2.24. The van der Waals surface area contributed by atoms with Crippen molar-refractivity contribution in [3.05, 3.63) is 29.8 Å². The third-order valence-corrected chi connectivity index (χ3v) is 3.24. The molecule has 1 atom stereocenters. The van der Waals surface area contributed by atoms with E-state index in [0.717, 1.165) is 6.42 Å². The minimum absolute atomic E-state index is 0.0127. The predicted molar refractivity (Wildman–Crippen MR) is 79.6 cm³/mol. The number of esters is 1. The first kappa shape index (κ1) is 16.2. The van der Waals surface area contributed by atoms with Gasteiger partial charge in [0.2, 0.25) is 5.91 Å². The Morgan fingerprint density at radius 1 is 1.15 bits per heavy atom. The standard InChI is InChI=1S/C16H23NO3/c1-5-10-20-16(19)13-6-8-14(9-7-13)17-15(18)12(4)11(2)3/h6-9,11-12H,5,10H2,1-4H3,(H,17,18). The molecule has 0 saturated carbocycles. The van der Waals surface area contributed by atoms with E-state index in [1.165, 1.54) is 0 Å². The van der Waals surface area contributed by atoms with Gasteiger partial charge < -0.3 is 10.1 Å². The molecule has 4 nitrogen and oxygen atoms in total. The summed E-state index contributed by atoms with van der Waals surface area (Å²) in [4.78, 5) is 23.5. The zero-order valence-corrected chi connectivity index (χ0v) is 12.6. The lowest BCUT2D eigenvalue weighted by Gasteiger charge is -2.15. The molecular formula is C16H23NO3. The van der Waals surface area contributed by atoms with Crippen LogP contribution in [-0.4, -0.2) is 18.5 Å². The van der Waals surface area contributed by atoms with Crippen LogP contribution in [0.5, 0.6) is 0 Å². The van der Waals surface area contributed by atoms with Crippen LogP contribution in [0, 0.1) is 11.8 Å². The minimum Gasteiger partial charge on any atom is -0.462 e. The van der Waals surface area contributed by atoms with Crippen molar-refractivity contribution in [2.75, 3.05) is 11.9 Å². The van der Waals surface area contributed by atoms with Gasteiger partial charge in [-0.15, -0.1) is 0 Å². The fraction of sp³-hybridized carbons (Fsp3) is 0.500. The van der Waals surface area contributed by atoms with Crippen LogP contribution in [0.1, 0.15) is 44.5 Å². The van der Waals surface area contributed by atoms with Crippen LogP contribution in [0.3, 0.4) is 0 Å². The first-order valence-corrected chi connectivity index (χ1v) is 7.03. The smallest absolute Gasteiger partial charge is 0.338 e. The second-order valence-corrected chi connectivity index (χ2v) is 5.24. The number of benzene rings is 1. The number of hydrogen-bond donors (Lipinski definition) is 1. The molecule has 1 N–H and O–H groups in total. The molecule has 0 heterocycles. The predicted octanol–water partition coefficient (Wildman–Crippen LogP) is 3.48. The SMILES string of the molecule is CCCOC(=O)c1ccc(NC(=O)C(C)C(C)C)cc1. The molecule has 0 radical (unpaired) electrons. The van der Waals surface area contributed by atoms with Crippen molar-refractivity contribution in [2.24, 2.45) is 11.8 Å². The molecule has 0 aliphatic rings. The number of carbonyl (C=O) groups excluding carboxylic acids is 2. The summed E-state index contributed by atoms with van der Waals surface area (Å²) in [5, 5.41) is 2.84. The number of anilines is 1. The van der Waals surface area contributed by atoms with Gasteiger partial charge in [-0.25, -0.2) is 4.79 Å². The van der Waals surface area contributed by atoms with Gasteiger partial charge in [0, 0.05) is 11.6 Å². The number of ether oxygens (including phenoxy) is 1. The Morgan fingerprint density at radius 3 is 2.25 bits per heavy atom. The highest BCUT2D eigenvalue weighted by atomic mass is 16.5. The first-order valence-electron chi connectivity index (χ1n) is 7.03. The summed E-state index contributed by atoms with van der Waals surface area (Å²) >= 11 is 0. The van der Waals surface area contributed by atoms with Crippen LogP contribution in [0.4, 0.5) is 5.69 Å². The maximum absolute atomic E-state index is 11.9. The van der Waals surface area contributed by atoms with Crippen molar-refractivity contribution in [1.82, 2.24) is 0 Å². The average molecular weight is 277 g/mol. The Labute approximate surface area is 120 Å². The molecule has 0 spiro atoms. The fourth-order valence-corrected chi connectivity index (χ4v) is 1.53. The van der Waals surface area contributed by atoms with Crippen LogP contribution in [0.25, 0.3) is 0 Å². The Bertz CT molecular complexity index is 451. The third-order valence-electron chi connectivity index (χ3n) is 3.24. The van der Waals surface area contributed by atoms with Crippen LogP contribution < -0.4 is 5.32 Å². The second kappa shape index (κ2) is 7.68. The zero-order chi connectivity index (χ0) is 15.1. The van der Waals surface area contributed by atoms with E-state index in [9.17, 15) is 9.59 Å². The summed E-state index contributed by atoms with van der Waals surface area (Å²) in [6.07, 6.45) is 0.799. The number of nitrogens with one attached hydrogen (secondary N) is 1. The molecule has 0 fully saturated rings. The summed E-state index contributed by atoms with van der Waals surface area (Å²) in [6, 6.07) is 6.75. The van der Waals surface area contributed by atoms with Gasteiger partial charge in [-0.05, 0) is 36.6 Å². The Morgan fingerprint density at radius 2 is 1.75 bits per heavy atom. The molecule has 1 rings (SSSR count). The van der Waals surface area contributed by atoms with Crippen LogP contribution in [0.15, 0.2) is 24.3 Å². The van der Waals surface area contributed by atoms with Gasteiger partial charge in [0.1, 0.15) is 0 Å². The van der Waals surface area contributed by atoms with Gasteiger partial charge in [-0.1, -0.05) is 27.7 Å². The molecule has 0 saturated heterocycles. The number of rotatable bonds is 6. The van der Waals surface area contributed by atoms with Crippen molar-refractivity contribution in [1.29, 1.82) is 0 Å². The highest BCUT2D eigenvalue weighted by Gasteiger charge is 2.16. The lowest BCUT2D eigenvalue weighted by molar-refractivity contribution is -0.120. The highest BCUT2D eigenvalue weighted by Crippen LogP contribution is 2.15. The number of amides is 1. The van der Waals surface area contributed by atoms with Gasteiger partial charge in [-0.3, -0.25) is 4.79 Å². The van der Waals surface area contributed by atoms with E-state index in [1.807, 2.05) is 27.7 Å². The van der Waals surface area contributed by atoms with Crippen molar-refractivity contribution >= 4 is 17.6 Å². The zero-order valence-electron chi connectivity index (χ0n) is 12.6. The maximum atomic E-state index is 11.9. The summed E-state index contributed by atoms with van der Waals surface area (Å²) in [7, 11) is 0. The summed E-state index contributed by atoms with van der Waals surface area (Å²) < 4.78 is 5.04. The van der Waals surface area contributed by atoms with Gasteiger partial charge in [0.05, 0.1) is 12.2 Å². The Kier molecular flexibility index (Phi) is 6.22. The molecule has 1 amide bonds. The second-order valence-electron chi connectivity index (χ2n) is 5.24. The van der Waals surface area contributed by atoms with E-state index >= 15 is 0 Å². The van der Waals surface area contributed by atoms with Crippen molar-refractivity contribution in [2.45, 2.75) is 34.1 Å². The average Bonchev–Trinajstić information content (AvgIpc) is 2.44. The van der Waals surface area contributed by atoms with E-state index in [1.54, 1.807) is 24.3 Å². The van der Waals surface area contributed by atoms with Crippen LogP contribution in [0.2, 0.25) is 0 Å². The van der Waals surface area contributed by atoms with Gasteiger partial charge in [0.15, 0.2) is 0 Å². The molecule has 0 bridgehead atoms. The minimum atomic E-state index is -0.333. The third kappa shape index (κ3) is 4.68. The monoisotopic (exact) mass is 277 g/mol. The molecule has 0 aliphatic heterocycles. The molecule has 110 valence electrons. The summed E-state index contributed by atoms with van der Waals surface area (Å²) in [5.41, 5.74) is 1.18. The van der Waals surface area contributed by atoms with E-state index < -0.39 is 0 Å². The van der Waals surface area contributed by atoms with Crippen molar-refractivity contribution in [3.8, 4) is 0 Å². The van der Waals surface area contributed by atoms with Crippen molar-refractivity contribution in [3.63, 3.8) is 0 Å². The highest BCUT2D eigenvalue weighted by molar-refractivity contribution is 5.94. The normalized spacial score (nSPS) is 12.1. The molecule has 1 unspecified atom stereocenters. The van der Waals surface area contributed by atoms with E-state index in [0.29, 0.717) is 23.8 Å². The molecule has 0 aromatic heterocycles. The maximum Gasteiger partial charge on any atom is 0.338 e. The first-order chi connectivity index (χ1) is 9.45. The molecule has 0 aliphatic carbocycles. The molecule has 1 aromatic rings. The number of carbonyl (C=O) groups is 2. The molecule has 20 heavy (non-hydrogen) atoms. The van der Waals surface area contributed by atoms with E-state index in [-0.39, 0.29) is 17.8 Å². The van der Waals surface area contributed by atoms with Crippen LogP contribution >= 0.6 is 0 Å². The van der Waals surface area contributed by atoms with Crippen molar-refractivity contribution < 1.29 is 14.3 Å². The van der Waals surface area contributed by atoms with Gasteiger partial charge in [-0.2, -0.15) is 0 Å². The quantitative estimate of drug-likeness (QED) is 0.810. The topological polar surface area (TPSA) is 55.4 Å². The fourth-order valence-electron chi connectivity index (χ4n) is 1.53. The lowest BCUT2D eigenvalue weighted by atomic mass is 9.97. The van der Waals surface area contributed by atoms with E-state index in [4.69, 9.17) is 4.74 Å². The Balaban J connectivity index is 2.63. The van der Waals surface area contributed by atoms with E-state index in [2.05, 4.69) is 5.32 Å². The van der Waals surface area contributed by atoms with Gasteiger partial charge >= 0.3 is 5.97 Å². The van der Waals surface area contributed by atoms with Crippen LogP contribution in [-0.2, 0) is 9.53 Å². The number of hydrogen-bond acceptors (Lipinski definition) is 3. The molecular weight excluding hydrogens is 254 g/mol. The summed E-state index contributed by atoms with van der Waals surface area (Å²) in [6.45, 7) is 8.29. The molecule has 4 heteroatoms. The summed E-state index contributed by atoms with van der Waals surface area (Å²) in [5.74, 6) is -0.107. The van der Waals surface area contributed by atoms with Gasteiger partial charge in [0.25, 0.3) is 0 Å². The largest absolute Gasteiger partial charge is 0.462 e. The molecule has 1 aromatic carbocycles.